The van der Waals surface area contributed by atoms with E-state index in [1.165, 1.54) is 17.4 Å². The van der Waals surface area contributed by atoms with E-state index in [-0.39, 0.29) is 25.4 Å². The number of thiazole rings is 1. The van der Waals surface area contributed by atoms with Gasteiger partial charge in [-0.3, -0.25) is 0 Å². The zero-order chi connectivity index (χ0) is 21.3. The second-order valence-corrected chi connectivity index (χ2v) is 7.32. The maximum absolute atomic E-state index is 14.5. The van der Waals surface area contributed by atoms with Gasteiger partial charge in [-0.1, -0.05) is 36.4 Å². The molecule has 1 aromatic heterocycles. The lowest BCUT2D eigenvalue weighted by molar-refractivity contribution is -0.156. The van der Waals surface area contributed by atoms with Crippen LogP contribution in [0, 0.1) is 5.82 Å². The molecule has 0 radical (unpaired) electrons. The SMILES string of the molecule is CCOC(=O)C(Cc1ccc(OCc2csc(-c3ccccc3)n2)c(F)c1)OCC. The lowest BCUT2D eigenvalue weighted by atomic mass is 10.1. The van der Waals surface area contributed by atoms with Crippen molar-refractivity contribution in [3.8, 4) is 16.3 Å². The van der Waals surface area contributed by atoms with Gasteiger partial charge in [0.05, 0.1) is 12.3 Å². The number of esters is 1. The molecule has 0 amide bonds. The van der Waals surface area contributed by atoms with Gasteiger partial charge in [-0.15, -0.1) is 11.3 Å². The molecule has 158 valence electrons. The van der Waals surface area contributed by atoms with Crippen molar-refractivity contribution in [1.82, 2.24) is 4.98 Å². The van der Waals surface area contributed by atoms with Gasteiger partial charge in [0.2, 0.25) is 0 Å². The number of benzene rings is 2. The largest absolute Gasteiger partial charge is 0.484 e. The molecule has 5 nitrogen and oxygen atoms in total. The monoisotopic (exact) mass is 429 g/mol. The summed E-state index contributed by atoms with van der Waals surface area (Å²) in [5.41, 5.74) is 2.40. The third-order valence-electron chi connectivity index (χ3n) is 4.28. The number of carbonyl (C=O) groups excluding carboxylic acids is 1. The smallest absolute Gasteiger partial charge is 0.335 e. The van der Waals surface area contributed by atoms with E-state index in [1.807, 2.05) is 35.7 Å². The predicted molar refractivity (Wildman–Crippen MR) is 114 cm³/mol. The second kappa shape index (κ2) is 10.8. The quantitative estimate of drug-likeness (QED) is 0.423. The van der Waals surface area contributed by atoms with Crippen LogP contribution in [0.15, 0.2) is 53.9 Å². The van der Waals surface area contributed by atoms with Crippen LogP contribution in [-0.4, -0.2) is 30.3 Å². The van der Waals surface area contributed by atoms with Gasteiger partial charge in [0.1, 0.15) is 11.6 Å². The Hall–Kier alpha value is -2.77. The first-order valence-corrected chi connectivity index (χ1v) is 10.7. The Morgan fingerprint density at radius 1 is 1.13 bits per heavy atom. The number of nitrogens with zero attached hydrogens (tertiary/aromatic N) is 1. The number of aromatic nitrogens is 1. The van der Waals surface area contributed by atoms with Gasteiger partial charge in [0.25, 0.3) is 0 Å². The van der Waals surface area contributed by atoms with Crippen LogP contribution in [-0.2, 0) is 27.3 Å². The standard InChI is InChI=1S/C23H24FNO4S/c1-3-27-21(23(26)28-4-2)13-16-10-11-20(19(24)12-16)29-14-18-15-30-22(25-18)17-8-6-5-7-9-17/h5-12,15,21H,3-4,13-14H2,1-2H3. The Bertz CT molecular complexity index is 961. The summed E-state index contributed by atoms with van der Waals surface area (Å²) in [7, 11) is 0. The van der Waals surface area contributed by atoms with Gasteiger partial charge in [-0.05, 0) is 31.5 Å². The molecule has 0 spiro atoms. The van der Waals surface area contributed by atoms with Crippen LogP contribution < -0.4 is 4.74 Å². The fourth-order valence-corrected chi connectivity index (χ4v) is 3.70. The van der Waals surface area contributed by atoms with E-state index < -0.39 is 17.9 Å². The van der Waals surface area contributed by atoms with Crippen LogP contribution >= 0.6 is 11.3 Å². The summed E-state index contributed by atoms with van der Waals surface area (Å²) >= 11 is 1.52. The number of halogens is 1. The number of ether oxygens (including phenoxy) is 3. The van der Waals surface area contributed by atoms with Crippen molar-refractivity contribution >= 4 is 17.3 Å². The van der Waals surface area contributed by atoms with Crippen LogP contribution in [0.5, 0.6) is 5.75 Å². The molecule has 2 aromatic carbocycles. The van der Waals surface area contributed by atoms with E-state index in [9.17, 15) is 9.18 Å². The molecule has 7 heteroatoms. The van der Waals surface area contributed by atoms with Gasteiger partial charge in [-0.2, -0.15) is 0 Å². The summed E-state index contributed by atoms with van der Waals surface area (Å²) in [5.74, 6) is -0.805. The van der Waals surface area contributed by atoms with E-state index in [2.05, 4.69) is 4.98 Å². The molecular weight excluding hydrogens is 405 g/mol. The van der Waals surface area contributed by atoms with Crippen molar-refractivity contribution in [1.29, 1.82) is 0 Å². The maximum atomic E-state index is 14.5. The van der Waals surface area contributed by atoms with E-state index in [0.717, 1.165) is 16.3 Å². The topological polar surface area (TPSA) is 57.7 Å². The van der Waals surface area contributed by atoms with Crippen molar-refractivity contribution in [2.75, 3.05) is 13.2 Å². The van der Waals surface area contributed by atoms with Crippen molar-refractivity contribution in [2.24, 2.45) is 0 Å². The molecule has 0 saturated heterocycles. The summed E-state index contributed by atoms with van der Waals surface area (Å²) in [4.78, 5) is 16.5. The van der Waals surface area contributed by atoms with Gasteiger partial charge in [0.15, 0.2) is 17.7 Å². The molecule has 3 rings (SSSR count). The first-order valence-electron chi connectivity index (χ1n) is 9.80. The van der Waals surface area contributed by atoms with Crippen molar-refractivity contribution in [3.05, 3.63) is 71.0 Å². The third-order valence-corrected chi connectivity index (χ3v) is 5.22. The summed E-state index contributed by atoms with van der Waals surface area (Å²) in [6.45, 7) is 4.34. The zero-order valence-corrected chi connectivity index (χ0v) is 17.8. The van der Waals surface area contributed by atoms with E-state index in [0.29, 0.717) is 12.2 Å². The van der Waals surface area contributed by atoms with Gasteiger partial charge in [0, 0.05) is 24.0 Å². The molecule has 1 heterocycles. The molecule has 1 unspecified atom stereocenters. The lowest BCUT2D eigenvalue weighted by Gasteiger charge is -2.16. The molecule has 30 heavy (non-hydrogen) atoms. The molecule has 0 aliphatic rings. The van der Waals surface area contributed by atoms with Crippen LogP contribution in [0.4, 0.5) is 4.39 Å². The Morgan fingerprint density at radius 3 is 2.63 bits per heavy atom. The van der Waals surface area contributed by atoms with E-state index in [4.69, 9.17) is 14.2 Å². The second-order valence-electron chi connectivity index (χ2n) is 6.46. The minimum Gasteiger partial charge on any atom is -0.484 e. The van der Waals surface area contributed by atoms with E-state index in [1.54, 1.807) is 26.0 Å². The highest BCUT2D eigenvalue weighted by atomic mass is 32.1. The highest BCUT2D eigenvalue weighted by Crippen LogP contribution is 2.25. The number of rotatable bonds is 10. The fraction of sp³-hybridized carbons (Fsp3) is 0.304. The number of hydrogen-bond acceptors (Lipinski definition) is 6. The minimum absolute atomic E-state index is 0.136. The molecular formula is C23H24FNO4S. The highest BCUT2D eigenvalue weighted by molar-refractivity contribution is 7.13. The fourth-order valence-electron chi connectivity index (χ4n) is 2.89. The van der Waals surface area contributed by atoms with Gasteiger partial charge < -0.3 is 14.2 Å². The first kappa shape index (κ1) is 21.9. The number of hydrogen-bond donors (Lipinski definition) is 0. The van der Waals surface area contributed by atoms with Crippen LogP contribution in [0.1, 0.15) is 25.1 Å². The zero-order valence-electron chi connectivity index (χ0n) is 17.0. The van der Waals surface area contributed by atoms with Crippen molar-refractivity contribution < 1.29 is 23.4 Å². The Morgan fingerprint density at radius 2 is 1.93 bits per heavy atom. The summed E-state index contributed by atoms with van der Waals surface area (Å²) in [6.07, 6.45) is -0.524. The molecule has 0 N–H and O–H groups in total. The van der Waals surface area contributed by atoms with E-state index >= 15 is 0 Å². The Kier molecular flexibility index (Phi) is 7.93. The molecule has 0 saturated carbocycles. The van der Waals surface area contributed by atoms with Crippen LogP contribution in [0.2, 0.25) is 0 Å². The molecule has 0 fully saturated rings. The first-order chi connectivity index (χ1) is 14.6. The van der Waals surface area contributed by atoms with Crippen LogP contribution in [0.3, 0.4) is 0 Å². The van der Waals surface area contributed by atoms with Crippen molar-refractivity contribution in [3.63, 3.8) is 0 Å². The molecule has 3 aromatic rings. The Labute approximate surface area is 179 Å². The Balaban J connectivity index is 1.61. The summed E-state index contributed by atoms with van der Waals surface area (Å²) < 4.78 is 30.6. The highest BCUT2D eigenvalue weighted by Gasteiger charge is 2.21. The minimum atomic E-state index is -0.757. The molecule has 0 aliphatic heterocycles. The number of carbonyl (C=O) groups is 1. The summed E-state index contributed by atoms with van der Waals surface area (Å²) in [5, 5.41) is 2.80. The normalized spacial score (nSPS) is 11.8. The maximum Gasteiger partial charge on any atom is 0.335 e. The molecule has 0 aliphatic carbocycles. The lowest BCUT2D eigenvalue weighted by Crippen LogP contribution is -2.29. The van der Waals surface area contributed by atoms with Gasteiger partial charge in [-0.25, -0.2) is 14.2 Å². The predicted octanol–water partition coefficient (Wildman–Crippen LogP) is 5.04. The van der Waals surface area contributed by atoms with Crippen LogP contribution in [0.25, 0.3) is 10.6 Å². The van der Waals surface area contributed by atoms with Gasteiger partial charge >= 0.3 is 5.97 Å². The molecule has 0 bridgehead atoms. The average Bonchev–Trinajstić information content (AvgIpc) is 3.23. The third kappa shape index (κ3) is 5.87. The van der Waals surface area contributed by atoms with Crippen molar-refractivity contribution in [2.45, 2.75) is 33.0 Å². The summed E-state index contributed by atoms with van der Waals surface area (Å²) in [6, 6.07) is 14.5. The molecule has 1 atom stereocenters. The average molecular weight is 430 g/mol.